The molecule has 1 aliphatic heterocycles. The molecule has 70 valence electrons. The number of nitrogens with zero attached hydrogens (tertiary/aromatic N) is 1. The molecular weight excluding hydrogens is 162 g/mol. The van der Waals surface area contributed by atoms with Crippen LogP contribution in [0.1, 0.15) is 29.8 Å². The molecule has 1 aromatic heterocycles. The van der Waals surface area contributed by atoms with E-state index in [4.69, 9.17) is 0 Å². The van der Waals surface area contributed by atoms with E-state index in [1.165, 1.54) is 36.2 Å². The Morgan fingerprint density at radius 3 is 3.15 bits per heavy atom. The summed E-state index contributed by atoms with van der Waals surface area (Å²) < 4.78 is 0. The van der Waals surface area contributed by atoms with Crippen LogP contribution in [0.3, 0.4) is 0 Å². The minimum atomic E-state index is 0.939. The van der Waals surface area contributed by atoms with Crippen molar-refractivity contribution in [1.82, 2.24) is 15.5 Å². The second-order valence-corrected chi connectivity index (χ2v) is 4.20. The maximum Gasteiger partial charge on any atom is 0.0672 e. The highest BCUT2D eigenvalue weighted by Crippen LogP contribution is 2.33. The Labute approximate surface area is 77.9 Å². The first kappa shape index (κ1) is 7.56. The lowest BCUT2D eigenvalue weighted by Crippen LogP contribution is -2.23. The van der Waals surface area contributed by atoms with E-state index in [-0.39, 0.29) is 0 Å². The van der Waals surface area contributed by atoms with Gasteiger partial charge in [-0.15, -0.1) is 0 Å². The molecule has 2 heterocycles. The molecule has 13 heavy (non-hydrogen) atoms. The molecule has 0 aromatic carbocycles. The normalized spacial score (nSPS) is 21.5. The van der Waals surface area contributed by atoms with E-state index >= 15 is 0 Å². The maximum absolute atomic E-state index is 4.41. The Kier molecular flexibility index (Phi) is 1.65. The highest BCUT2D eigenvalue weighted by atomic mass is 15.1. The molecule has 2 N–H and O–H groups in total. The van der Waals surface area contributed by atoms with E-state index in [2.05, 4.69) is 15.5 Å². The minimum absolute atomic E-state index is 0.939. The predicted molar refractivity (Wildman–Crippen MR) is 50.4 cm³/mol. The van der Waals surface area contributed by atoms with Gasteiger partial charge in [0, 0.05) is 30.8 Å². The Morgan fingerprint density at radius 1 is 1.38 bits per heavy atom. The summed E-state index contributed by atoms with van der Waals surface area (Å²) in [7, 11) is 0. The van der Waals surface area contributed by atoms with Crippen molar-refractivity contribution >= 4 is 0 Å². The molecule has 3 rings (SSSR count). The monoisotopic (exact) mass is 177 g/mol. The Bertz CT molecular complexity index is 312. The van der Waals surface area contributed by atoms with Crippen molar-refractivity contribution in [2.24, 2.45) is 5.92 Å². The van der Waals surface area contributed by atoms with Gasteiger partial charge in [-0.2, -0.15) is 5.10 Å². The van der Waals surface area contributed by atoms with Gasteiger partial charge >= 0.3 is 0 Å². The first-order valence-electron chi connectivity index (χ1n) is 5.19. The molecule has 0 unspecified atom stereocenters. The molecule has 3 nitrogen and oxygen atoms in total. The van der Waals surface area contributed by atoms with Gasteiger partial charge in [0.1, 0.15) is 0 Å². The lowest BCUT2D eigenvalue weighted by molar-refractivity contribution is 0.631. The van der Waals surface area contributed by atoms with Crippen molar-refractivity contribution in [3.8, 4) is 0 Å². The third-order valence-corrected chi connectivity index (χ3v) is 3.07. The number of aromatic amines is 1. The lowest BCUT2D eigenvalue weighted by atomic mass is 10.0. The van der Waals surface area contributed by atoms with Crippen LogP contribution in [0, 0.1) is 5.92 Å². The molecule has 0 spiro atoms. The summed E-state index contributed by atoms with van der Waals surface area (Å²) in [4.78, 5) is 0. The lowest BCUT2D eigenvalue weighted by Gasteiger charge is -2.12. The van der Waals surface area contributed by atoms with Gasteiger partial charge in [0.2, 0.25) is 0 Å². The van der Waals surface area contributed by atoms with Gasteiger partial charge in [0.15, 0.2) is 0 Å². The number of nitrogens with one attached hydrogen (secondary N) is 2. The van der Waals surface area contributed by atoms with Crippen molar-refractivity contribution in [2.45, 2.75) is 32.2 Å². The van der Waals surface area contributed by atoms with Gasteiger partial charge in [-0.25, -0.2) is 0 Å². The van der Waals surface area contributed by atoms with Gasteiger partial charge < -0.3 is 5.32 Å². The number of H-pyrrole nitrogens is 1. The molecule has 1 saturated carbocycles. The maximum atomic E-state index is 4.41. The predicted octanol–water partition coefficient (Wildman–Crippen LogP) is 1.01. The van der Waals surface area contributed by atoms with Crippen molar-refractivity contribution < 1.29 is 0 Å². The van der Waals surface area contributed by atoms with Crippen molar-refractivity contribution in [3.05, 3.63) is 17.0 Å². The Balaban J connectivity index is 1.86. The molecule has 0 radical (unpaired) electrons. The molecule has 0 saturated heterocycles. The third-order valence-electron chi connectivity index (χ3n) is 3.07. The van der Waals surface area contributed by atoms with Gasteiger partial charge in [-0.05, 0) is 25.2 Å². The van der Waals surface area contributed by atoms with Crippen LogP contribution in [0.15, 0.2) is 0 Å². The van der Waals surface area contributed by atoms with E-state index in [1.807, 2.05) is 0 Å². The summed E-state index contributed by atoms with van der Waals surface area (Å²) in [5, 5.41) is 11.0. The molecular formula is C10H15N3. The summed E-state index contributed by atoms with van der Waals surface area (Å²) >= 11 is 0. The molecule has 1 fully saturated rings. The summed E-state index contributed by atoms with van der Waals surface area (Å²) in [6, 6.07) is 0. The first-order valence-corrected chi connectivity index (χ1v) is 5.19. The fourth-order valence-corrected chi connectivity index (χ4v) is 2.05. The fraction of sp³-hybridized carbons (Fsp3) is 0.700. The third kappa shape index (κ3) is 1.37. The van der Waals surface area contributed by atoms with Crippen molar-refractivity contribution in [2.75, 3.05) is 6.54 Å². The Hall–Kier alpha value is -0.830. The molecule has 1 aromatic rings. The number of hydrogen-bond donors (Lipinski definition) is 2. The number of fused-ring (bicyclic) bond motifs is 1. The molecule has 3 heteroatoms. The minimum Gasteiger partial charge on any atom is -0.312 e. The van der Waals surface area contributed by atoms with Crippen LogP contribution in [0.5, 0.6) is 0 Å². The second kappa shape index (κ2) is 2.84. The molecule has 2 aliphatic rings. The van der Waals surface area contributed by atoms with E-state index in [0.717, 1.165) is 25.4 Å². The summed E-state index contributed by atoms with van der Waals surface area (Å²) in [6.45, 7) is 2.12. The molecule has 1 aliphatic carbocycles. The first-order chi connectivity index (χ1) is 6.43. The van der Waals surface area contributed by atoms with Crippen LogP contribution in [0.4, 0.5) is 0 Å². The summed E-state index contributed by atoms with van der Waals surface area (Å²) in [5.74, 6) is 0.939. The number of aromatic nitrogens is 2. The summed E-state index contributed by atoms with van der Waals surface area (Å²) in [6.07, 6.45) is 5.14. The van der Waals surface area contributed by atoms with Crippen LogP contribution in [-0.2, 0) is 19.4 Å². The molecule has 0 bridgehead atoms. The zero-order valence-electron chi connectivity index (χ0n) is 7.77. The number of hydrogen-bond acceptors (Lipinski definition) is 2. The van der Waals surface area contributed by atoms with E-state index < -0.39 is 0 Å². The Morgan fingerprint density at radius 2 is 2.31 bits per heavy atom. The quantitative estimate of drug-likeness (QED) is 0.707. The average Bonchev–Trinajstić information content (AvgIpc) is 2.88. The van der Waals surface area contributed by atoms with Crippen LogP contribution < -0.4 is 5.32 Å². The van der Waals surface area contributed by atoms with Gasteiger partial charge in [0.05, 0.1) is 5.69 Å². The zero-order chi connectivity index (χ0) is 8.67. The largest absolute Gasteiger partial charge is 0.312 e. The zero-order valence-corrected chi connectivity index (χ0v) is 7.77. The van der Waals surface area contributed by atoms with Gasteiger partial charge in [-0.3, -0.25) is 5.10 Å². The SMILES string of the molecule is C1Cc2[nH]nc(CC3CC3)c2CN1. The van der Waals surface area contributed by atoms with Crippen LogP contribution in [0.2, 0.25) is 0 Å². The fourth-order valence-electron chi connectivity index (χ4n) is 2.05. The van der Waals surface area contributed by atoms with E-state index in [0.29, 0.717) is 0 Å². The van der Waals surface area contributed by atoms with Crippen molar-refractivity contribution in [1.29, 1.82) is 0 Å². The highest BCUT2D eigenvalue weighted by molar-refractivity contribution is 5.28. The van der Waals surface area contributed by atoms with E-state index in [1.54, 1.807) is 0 Å². The van der Waals surface area contributed by atoms with Crippen LogP contribution >= 0.6 is 0 Å². The summed E-state index contributed by atoms with van der Waals surface area (Å²) in [5.41, 5.74) is 4.15. The van der Waals surface area contributed by atoms with Crippen molar-refractivity contribution in [3.63, 3.8) is 0 Å². The van der Waals surface area contributed by atoms with Crippen LogP contribution in [-0.4, -0.2) is 16.7 Å². The molecule has 0 atom stereocenters. The second-order valence-electron chi connectivity index (χ2n) is 4.20. The van der Waals surface area contributed by atoms with E-state index in [9.17, 15) is 0 Å². The topological polar surface area (TPSA) is 40.7 Å². The van der Waals surface area contributed by atoms with Crippen LogP contribution in [0.25, 0.3) is 0 Å². The average molecular weight is 177 g/mol. The smallest absolute Gasteiger partial charge is 0.0672 e. The number of rotatable bonds is 2. The van der Waals surface area contributed by atoms with Gasteiger partial charge in [0.25, 0.3) is 0 Å². The highest BCUT2D eigenvalue weighted by Gasteiger charge is 2.25. The standard InChI is InChI=1S/C10H15N3/c1-2-7(1)5-10-8-6-11-4-3-9(8)12-13-10/h7,11H,1-6H2,(H,12,13). The molecule has 0 amide bonds. The van der Waals surface area contributed by atoms with Gasteiger partial charge in [-0.1, -0.05) is 0 Å².